The van der Waals surface area contributed by atoms with Gasteiger partial charge in [-0.2, -0.15) is 5.26 Å². The monoisotopic (exact) mass is 314 g/mol. The molecule has 1 heterocycles. The molecule has 0 atom stereocenters. The van der Waals surface area contributed by atoms with E-state index < -0.39 is 0 Å². The number of hydrogen-bond acceptors (Lipinski definition) is 5. The van der Waals surface area contributed by atoms with Crippen LogP contribution in [0.1, 0.15) is 30.1 Å². The summed E-state index contributed by atoms with van der Waals surface area (Å²) in [6, 6.07) is 7.83. The lowest BCUT2D eigenvalue weighted by molar-refractivity contribution is 0.229. The fourth-order valence-corrected chi connectivity index (χ4v) is 2.71. The first kappa shape index (κ1) is 16.1. The predicted octanol–water partition coefficient (Wildman–Crippen LogP) is 4.31. The molecule has 0 N–H and O–H groups in total. The Morgan fingerprint density at radius 1 is 1.41 bits per heavy atom. The van der Waals surface area contributed by atoms with E-state index in [1.807, 2.05) is 44.4 Å². The Kier molecular flexibility index (Phi) is 5.18. The van der Waals surface area contributed by atoms with Crippen LogP contribution < -0.4 is 9.47 Å². The third-order valence-electron chi connectivity index (χ3n) is 2.85. The number of aromatic nitrogens is 1. The van der Waals surface area contributed by atoms with Gasteiger partial charge in [0, 0.05) is 16.6 Å². The highest BCUT2D eigenvalue weighted by molar-refractivity contribution is 7.11. The Morgan fingerprint density at radius 2 is 2.18 bits per heavy atom. The fraction of sp³-hybridized carbons (Fsp3) is 0.294. The Hall–Kier alpha value is -2.32. The topological polar surface area (TPSA) is 55.1 Å². The van der Waals surface area contributed by atoms with Crippen LogP contribution >= 0.6 is 11.3 Å². The summed E-state index contributed by atoms with van der Waals surface area (Å²) in [6.45, 7) is 5.82. The Labute approximate surface area is 134 Å². The van der Waals surface area contributed by atoms with Crippen molar-refractivity contribution in [3.8, 4) is 17.6 Å². The van der Waals surface area contributed by atoms with Crippen LogP contribution in [0.15, 0.2) is 23.6 Å². The van der Waals surface area contributed by atoms with Gasteiger partial charge in [0.25, 0.3) is 0 Å². The lowest BCUT2D eigenvalue weighted by Gasteiger charge is -2.16. The van der Waals surface area contributed by atoms with Gasteiger partial charge in [0.2, 0.25) is 0 Å². The first-order valence-electron chi connectivity index (χ1n) is 6.93. The zero-order valence-corrected chi connectivity index (χ0v) is 13.9. The van der Waals surface area contributed by atoms with Crippen LogP contribution in [0.2, 0.25) is 0 Å². The van der Waals surface area contributed by atoms with Crippen molar-refractivity contribution < 1.29 is 9.47 Å². The first-order valence-corrected chi connectivity index (χ1v) is 7.81. The second-order valence-corrected chi connectivity index (χ2v) is 5.87. The Bertz CT molecular complexity index is 727. The van der Waals surface area contributed by atoms with E-state index in [1.54, 1.807) is 13.2 Å². The van der Waals surface area contributed by atoms with E-state index >= 15 is 0 Å². The summed E-state index contributed by atoms with van der Waals surface area (Å²) in [5.41, 5.74) is 2.22. The highest BCUT2D eigenvalue weighted by Crippen LogP contribution is 2.34. The lowest BCUT2D eigenvalue weighted by Crippen LogP contribution is -2.08. The average molecular weight is 314 g/mol. The summed E-state index contributed by atoms with van der Waals surface area (Å²) in [4.78, 5) is 4.37. The summed E-state index contributed by atoms with van der Waals surface area (Å²) < 4.78 is 11.2. The number of hydrogen-bond donors (Lipinski definition) is 0. The summed E-state index contributed by atoms with van der Waals surface area (Å²) in [6.07, 6.45) is 1.80. The van der Waals surface area contributed by atoms with Crippen LogP contribution in [0, 0.1) is 18.3 Å². The van der Waals surface area contributed by atoms with E-state index in [-0.39, 0.29) is 6.10 Å². The fourth-order valence-electron chi connectivity index (χ4n) is 1.94. The number of para-hydroxylation sites is 1. The molecule has 0 saturated carbocycles. The van der Waals surface area contributed by atoms with Crippen molar-refractivity contribution in [2.75, 3.05) is 7.11 Å². The van der Waals surface area contributed by atoms with Crippen LogP contribution in [0.5, 0.6) is 11.5 Å². The lowest BCUT2D eigenvalue weighted by atomic mass is 10.1. The van der Waals surface area contributed by atoms with Crippen molar-refractivity contribution >= 4 is 23.0 Å². The number of thiazole rings is 1. The third-order valence-corrected chi connectivity index (χ3v) is 3.85. The van der Waals surface area contributed by atoms with Crippen molar-refractivity contribution in [2.45, 2.75) is 26.9 Å². The molecule has 114 valence electrons. The molecule has 2 aromatic rings. The number of allylic oxidation sites excluding steroid dienone is 1. The van der Waals surface area contributed by atoms with E-state index in [1.165, 1.54) is 11.3 Å². The zero-order valence-electron chi connectivity index (χ0n) is 13.1. The van der Waals surface area contributed by atoms with Gasteiger partial charge >= 0.3 is 0 Å². The molecule has 22 heavy (non-hydrogen) atoms. The van der Waals surface area contributed by atoms with Crippen molar-refractivity contribution in [1.29, 1.82) is 5.26 Å². The van der Waals surface area contributed by atoms with E-state index in [9.17, 15) is 5.26 Å². The minimum Gasteiger partial charge on any atom is -0.493 e. The SMILES string of the molecule is COc1cccc(/C=C(/C#N)c2nc(C)cs2)c1OC(C)C. The number of benzene rings is 1. The van der Waals surface area contributed by atoms with Gasteiger partial charge in [-0.15, -0.1) is 11.3 Å². The van der Waals surface area contributed by atoms with Crippen molar-refractivity contribution in [2.24, 2.45) is 0 Å². The molecular weight excluding hydrogens is 296 g/mol. The number of nitrogens with zero attached hydrogens (tertiary/aromatic N) is 2. The van der Waals surface area contributed by atoms with Crippen LogP contribution in [-0.2, 0) is 0 Å². The van der Waals surface area contributed by atoms with Crippen LogP contribution in [0.25, 0.3) is 11.6 Å². The molecule has 0 fully saturated rings. The number of ether oxygens (including phenoxy) is 2. The molecule has 2 rings (SSSR count). The molecule has 1 aromatic carbocycles. The highest BCUT2D eigenvalue weighted by Gasteiger charge is 2.13. The van der Waals surface area contributed by atoms with E-state index in [4.69, 9.17) is 9.47 Å². The molecule has 1 aromatic heterocycles. The van der Waals surface area contributed by atoms with Crippen LogP contribution in [-0.4, -0.2) is 18.2 Å². The third kappa shape index (κ3) is 3.66. The summed E-state index contributed by atoms with van der Waals surface area (Å²) in [5, 5.41) is 12.1. The number of rotatable bonds is 5. The molecular formula is C17H18N2O2S. The van der Waals surface area contributed by atoms with Gasteiger partial charge < -0.3 is 9.47 Å². The predicted molar refractivity (Wildman–Crippen MR) is 89.1 cm³/mol. The van der Waals surface area contributed by atoms with Gasteiger partial charge in [-0.1, -0.05) is 12.1 Å². The van der Waals surface area contributed by atoms with Crippen LogP contribution in [0.3, 0.4) is 0 Å². The van der Waals surface area contributed by atoms with Crippen molar-refractivity contribution in [3.05, 3.63) is 39.8 Å². The van der Waals surface area contributed by atoms with Gasteiger partial charge in [-0.05, 0) is 32.9 Å². The van der Waals surface area contributed by atoms with Gasteiger partial charge in [0.1, 0.15) is 11.1 Å². The number of aryl methyl sites for hydroxylation is 1. The zero-order chi connectivity index (χ0) is 16.1. The van der Waals surface area contributed by atoms with E-state index in [0.717, 1.165) is 11.3 Å². The molecule has 0 aliphatic rings. The maximum Gasteiger partial charge on any atom is 0.168 e. The Balaban J connectivity index is 2.51. The Morgan fingerprint density at radius 3 is 2.73 bits per heavy atom. The van der Waals surface area contributed by atoms with E-state index in [0.29, 0.717) is 22.1 Å². The van der Waals surface area contributed by atoms with E-state index in [2.05, 4.69) is 11.1 Å². The first-order chi connectivity index (χ1) is 10.5. The minimum absolute atomic E-state index is 0.0103. The summed E-state index contributed by atoms with van der Waals surface area (Å²) in [5.74, 6) is 1.29. The van der Waals surface area contributed by atoms with Gasteiger partial charge in [-0.25, -0.2) is 4.98 Å². The molecule has 4 nitrogen and oxygen atoms in total. The highest BCUT2D eigenvalue weighted by atomic mass is 32.1. The maximum absolute atomic E-state index is 9.43. The van der Waals surface area contributed by atoms with Gasteiger partial charge in [0.15, 0.2) is 11.5 Å². The van der Waals surface area contributed by atoms with Gasteiger partial charge in [-0.3, -0.25) is 0 Å². The standard InChI is InChI=1S/C17H18N2O2S/c1-11(2)21-16-13(6-5-7-15(16)20-4)8-14(9-18)17-19-12(3)10-22-17/h5-8,10-11H,1-4H3/b14-8-. The number of nitriles is 1. The molecule has 0 aliphatic carbocycles. The molecule has 0 amide bonds. The quantitative estimate of drug-likeness (QED) is 0.772. The molecule has 0 aliphatic heterocycles. The molecule has 0 bridgehead atoms. The van der Waals surface area contributed by atoms with Gasteiger partial charge in [0.05, 0.1) is 18.8 Å². The summed E-state index contributed by atoms with van der Waals surface area (Å²) >= 11 is 1.46. The molecule has 0 unspecified atom stereocenters. The average Bonchev–Trinajstić information content (AvgIpc) is 2.91. The second kappa shape index (κ2) is 7.10. The molecule has 0 saturated heterocycles. The number of methoxy groups -OCH3 is 1. The normalized spacial score (nSPS) is 11.4. The molecule has 0 radical (unpaired) electrons. The summed E-state index contributed by atoms with van der Waals surface area (Å²) in [7, 11) is 1.60. The van der Waals surface area contributed by atoms with Crippen molar-refractivity contribution in [3.63, 3.8) is 0 Å². The smallest absolute Gasteiger partial charge is 0.168 e. The van der Waals surface area contributed by atoms with Crippen LogP contribution in [0.4, 0.5) is 0 Å². The van der Waals surface area contributed by atoms with Crippen molar-refractivity contribution in [1.82, 2.24) is 4.98 Å². The molecule has 5 heteroatoms. The second-order valence-electron chi connectivity index (χ2n) is 5.01. The minimum atomic E-state index is 0.0103. The molecule has 0 spiro atoms. The maximum atomic E-state index is 9.43. The largest absolute Gasteiger partial charge is 0.493 e.